The fraction of sp³-hybridized carbons (Fsp3) is 0.571. The first-order valence-electron chi connectivity index (χ1n) is 6.55. The second-order valence-corrected chi connectivity index (χ2v) is 5.03. The molecule has 1 aliphatic carbocycles. The van der Waals surface area contributed by atoms with Gasteiger partial charge in [-0.25, -0.2) is 4.39 Å². The third-order valence-electron chi connectivity index (χ3n) is 3.19. The summed E-state index contributed by atoms with van der Waals surface area (Å²) in [5.41, 5.74) is -0.489. The highest BCUT2D eigenvalue weighted by molar-refractivity contribution is 5.26. The first-order valence-corrected chi connectivity index (χ1v) is 6.55. The molecule has 0 radical (unpaired) electrons. The van der Waals surface area contributed by atoms with E-state index in [4.69, 9.17) is 0 Å². The molecule has 5 heteroatoms. The number of unbranched alkanes of at least 4 members (excludes halogenated alkanes) is 1. The van der Waals surface area contributed by atoms with Crippen molar-refractivity contribution in [3.05, 3.63) is 35.1 Å². The van der Waals surface area contributed by atoms with Crippen LogP contribution in [0.1, 0.15) is 36.8 Å². The zero-order chi connectivity index (χ0) is 13.9. The molecule has 1 aliphatic rings. The maximum atomic E-state index is 13.1. The molecule has 0 bridgehead atoms. The van der Waals surface area contributed by atoms with Crippen molar-refractivity contribution in [2.24, 2.45) is 0 Å². The van der Waals surface area contributed by atoms with Crippen LogP contribution < -0.4 is 5.32 Å². The molecule has 1 saturated carbocycles. The summed E-state index contributed by atoms with van der Waals surface area (Å²) in [7, 11) is 0. The minimum atomic E-state index is -4.48. The highest BCUT2D eigenvalue weighted by Crippen LogP contribution is 2.30. The van der Waals surface area contributed by atoms with E-state index >= 15 is 0 Å². The van der Waals surface area contributed by atoms with Crippen molar-refractivity contribution >= 4 is 0 Å². The summed E-state index contributed by atoms with van der Waals surface area (Å²) in [6, 6.07) is 3.41. The van der Waals surface area contributed by atoms with Crippen LogP contribution in [0, 0.1) is 5.82 Å². The predicted molar refractivity (Wildman–Crippen MR) is 65.4 cm³/mol. The monoisotopic (exact) mass is 275 g/mol. The van der Waals surface area contributed by atoms with Crippen LogP contribution in [0.4, 0.5) is 17.6 Å². The largest absolute Gasteiger partial charge is 0.416 e. The number of nitrogens with one attached hydrogen (secondary N) is 1. The minimum absolute atomic E-state index is 0.416. The molecule has 0 saturated heterocycles. The summed E-state index contributed by atoms with van der Waals surface area (Å²) in [6.07, 6.45) is 0.101. The molecule has 1 aromatic rings. The fourth-order valence-electron chi connectivity index (χ4n) is 2.01. The maximum Gasteiger partial charge on any atom is 0.416 e. The summed E-state index contributed by atoms with van der Waals surface area (Å²) in [6.45, 7) is 0.881. The summed E-state index contributed by atoms with van der Waals surface area (Å²) < 4.78 is 50.7. The number of halogens is 4. The van der Waals surface area contributed by atoms with Crippen LogP contribution in [0.2, 0.25) is 0 Å². The SMILES string of the molecule is Fc1cc(CCCCNC2CC2)cc(C(F)(F)F)c1. The van der Waals surface area contributed by atoms with Crippen molar-refractivity contribution in [2.45, 2.75) is 44.3 Å². The van der Waals surface area contributed by atoms with Crippen molar-refractivity contribution in [3.63, 3.8) is 0 Å². The second-order valence-electron chi connectivity index (χ2n) is 5.03. The van der Waals surface area contributed by atoms with Gasteiger partial charge < -0.3 is 5.32 Å². The molecule has 2 rings (SSSR count). The van der Waals surface area contributed by atoms with Crippen LogP contribution in [0.5, 0.6) is 0 Å². The molecule has 1 N–H and O–H groups in total. The van der Waals surface area contributed by atoms with Crippen LogP contribution >= 0.6 is 0 Å². The Kier molecular flexibility index (Phi) is 4.45. The number of rotatable bonds is 6. The Morgan fingerprint density at radius 1 is 1.11 bits per heavy atom. The lowest BCUT2D eigenvalue weighted by Crippen LogP contribution is -2.17. The van der Waals surface area contributed by atoms with E-state index in [1.54, 1.807) is 0 Å². The molecule has 0 aliphatic heterocycles. The van der Waals surface area contributed by atoms with Crippen LogP contribution in [0.15, 0.2) is 18.2 Å². The lowest BCUT2D eigenvalue weighted by atomic mass is 10.0. The Hall–Kier alpha value is -1.10. The normalized spacial score (nSPS) is 15.8. The molecule has 0 heterocycles. The van der Waals surface area contributed by atoms with E-state index in [2.05, 4.69) is 5.32 Å². The Bertz CT molecular complexity index is 424. The molecule has 0 spiro atoms. The minimum Gasteiger partial charge on any atom is -0.314 e. The van der Waals surface area contributed by atoms with E-state index < -0.39 is 17.6 Å². The van der Waals surface area contributed by atoms with E-state index in [1.165, 1.54) is 18.9 Å². The second kappa shape index (κ2) is 5.90. The molecule has 0 amide bonds. The van der Waals surface area contributed by atoms with E-state index in [1.807, 2.05) is 0 Å². The van der Waals surface area contributed by atoms with Gasteiger partial charge in [-0.2, -0.15) is 13.2 Å². The van der Waals surface area contributed by atoms with Crippen LogP contribution in [-0.2, 0) is 12.6 Å². The van der Waals surface area contributed by atoms with Gasteiger partial charge in [-0.05, 0) is 62.4 Å². The summed E-state index contributed by atoms with van der Waals surface area (Å²) in [5.74, 6) is -0.819. The summed E-state index contributed by atoms with van der Waals surface area (Å²) in [5, 5.41) is 3.34. The van der Waals surface area contributed by atoms with Crippen LogP contribution in [0.3, 0.4) is 0 Å². The molecular formula is C14H17F4N. The van der Waals surface area contributed by atoms with E-state index in [-0.39, 0.29) is 0 Å². The van der Waals surface area contributed by atoms with Crippen LogP contribution in [-0.4, -0.2) is 12.6 Å². The topological polar surface area (TPSA) is 12.0 Å². The molecular weight excluding hydrogens is 258 g/mol. The zero-order valence-electron chi connectivity index (χ0n) is 10.6. The number of hydrogen-bond donors (Lipinski definition) is 1. The van der Waals surface area contributed by atoms with Crippen molar-refractivity contribution in [1.82, 2.24) is 5.32 Å². The Balaban J connectivity index is 1.83. The lowest BCUT2D eigenvalue weighted by Gasteiger charge is -2.09. The third kappa shape index (κ3) is 4.82. The van der Waals surface area contributed by atoms with Gasteiger partial charge in [0.1, 0.15) is 5.82 Å². The maximum absolute atomic E-state index is 13.1. The van der Waals surface area contributed by atoms with Gasteiger partial charge in [-0.15, -0.1) is 0 Å². The van der Waals surface area contributed by atoms with Gasteiger partial charge >= 0.3 is 6.18 Å². The number of aryl methyl sites for hydroxylation is 1. The van der Waals surface area contributed by atoms with Crippen molar-refractivity contribution in [3.8, 4) is 0 Å². The van der Waals surface area contributed by atoms with E-state index in [0.29, 0.717) is 24.1 Å². The predicted octanol–water partition coefficient (Wildman–Crippen LogP) is 3.92. The van der Waals surface area contributed by atoms with Gasteiger partial charge in [-0.3, -0.25) is 0 Å². The highest BCUT2D eigenvalue weighted by Gasteiger charge is 2.31. The Morgan fingerprint density at radius 3 is 2.47 bits per heavy atom. The Labute approximate surface area is 110 Å². The number of benzene rings is 1. The molecule has 106 valence electrons. The molecule has 0 aromatic heterocycles. The van der Waals surface area contributed by atoms with E-state index in [0.717, 1.165) is 25.5 Å². The fourth-order valence-corrected chi connectivity index (χ4v) is 2.01. The molecule has 0 unspecified atom stereocenters. The average Bonchev–Trinajstić information content (AvgIpc) is 3.10. The highest BCUT2D eigenvalue weighted by atomic mass is 19.4. The third-order valence-corrected chi connectivity index (χ3v) is 3.19. The first-order chi connectivity index (χ1) is 8.95. The molecule has 1 nitrogen and oxygen atoms in total. The van der Waals surface area contributed by atoms with Crippen LogP contribution in [0.25, 0.3) is 0 Å². The van der Waals surface area contributed by atoms with Gasteiger partial charge in [-0.1, -0.05) is 0 Å². The average molecular weight is 275 g/mol. The molecule has 0 atom stereocenters. The van der Waals surface area contributed by atoms with Gasteiger partial charge in [0.15, 0.2) is 0 Å². The van der Waals surface area contributed by atoms with Crippen molar-refractivity contribution in [2.75, 3.05) is 6.54 Å². The van der Waals surface area contributed by atoms with E-state index in [9.17, 15) is 17.6 Å². The Morgan fingerprint density at radius 2 is 1.84 bits per heavy atom. The van der Waals surface area contributed by atoms with Crippen molar-refractivity contribution < 1.29 is 17.6 Å². The first kappa shape index (κ1) is 14.3. The number of alkyl halides is 3. The van der Waals surface area contributed by atoms with Crippen molar-refractivity contribution in [1.29, 1.82) is 0 Å². The molecule has 19 heavy (non-hydrogen) atoms. The summed E-state index contributed by atoms with van der Waals surface area (Å²) in [4.78, 5) is 0. The van der Waals surface area contributed by atoms with Gasteiger partial charge in [0, 0.05) is 6.04 Å². The number of hydrogen-bond acceptors (Lipinski definition) is 1. The standard InChI is InChI=1S/C14H17F4N/c15-12-8-10(7-11(9-12)14(16,17)18)3-1-2-6-19-13-4-5-13/h7-9,13,19H,1-6H2. The molecule has 1 fully saturated rings. The summed E-state index contributed by atoms with van der Waals surface area (Å²) >= 11 is 0. The van der Waals surface area contributed by atoms with Gasteiger partial charge in [0.2, 0.25) is 0 Å². The van der Waals surface area contributed by atoms with Gasteiger partial charge in [0.25, 0.3) is 0 Å². The lowest BCUT2D eigenvalue weighted by molar-refractivity contribution is -0.137. The smallest absolute Gasteiger partial charge is 0.314 e. The zero-order valence-corrected chi connectivity index (χ0v) is 10.6. The van der Waals surface area contributed by atoms with Gasteiger partial charge in [0.05, 0.1) is 5.56 Å². The molecule has 1 aromatic carbocycles. The quantitative estimate of drug-likeness (QED) is 0.613.